The molecule has 0 radical (unpaired) electrons. The molecule has 2 saturated carbocycles. The fraction of sp³-hybridized carbons (Fsp3) is 0.880. The number of aromatic nitrogens is 2. The molecule has 0 aromatic carbocycles. The summed E-state index contributed by atoms with van der Waals surface area (Å²) in [5.74, 6) is 6.26. The average Bonchev–Trinajstić information content (AvgIpc) is 3.53. The number of aryl methyl sites for hydroxylation is 1. The molecule has 3 rings (SSSR count). The highest BCUT2D eigenvalue weighted by Crippen LogP contribution is 2.60. The summed E-state index contributed by atoms with van der Waals surface area (Å²) in [7, 11) is 2.02. The van der Waals surface area contributed by atoms with Gasteiger partial charge in [0.1, 0.15) is 0 Å². The van der Waals surface area contributed by atoms with Crippen LogP contribution in [0.1, 0.15) is 98.0 Å². The van der Waals surface area contributed by atoms with Crippen LogP contribution in [0.4, 0.5) is 0 Å². The first-order valence-electron chi connectivity index (χ1n) is 11.7. The third-order valence-corrected chi connectivity index (χ3v) is 8.41. The van der Waals surface area contributed by atoms with Crippen molar-refractivity contribution in [1.82, 2.24) is 9.78 Å². The molecule has 154 valence electrons. The lowest BCUT2D eigenvalue weighted by Gasteiger charge is -2.39. The molecule has 0 spiro atoms. The summed E-state index contributed by atoms with van der Waals surface area (Å²) in [5, 5.41) is 4.33. The van der Waals surface area contributed by atoms with Crippen LogP contribution in [0.15, 0.2) is 12.4 Å². The lowest BCUT2D eigenvalue weighted by Crippen LogP contribution is -2.32. The van der Waals surface area contributed by atoms with Gasteiger partial charge in [-0.3, -0.25) is 4.68 Å². The lowest BCUT2D eigenvalue weighted by atomic mass is 9.66. The molecule has 0 bridgehead atoms. The van der Waals surface area contributed by atoms with E-state index < -0.39 is 0 Å². The van der Waals surface area contributed by atoms with Crippen molar-refractivity contribution < 1.29 is 0 Å². The summed E-state index contributed by atoms with van der Waals surface area (Å²) in [6, 6.07) is 0. The van der Waals surface area contributed by atoms with Crippen LogP contribution in [0.3, 0.4) is 0 Å². The van der Waals surface area contributed by atoms with Crippen LogP contribution in [0.5, 0.6) is 0 Å². The Labute approximate surface area is 168 Å². The quantitative estimate of drug-likeness (QED) is 0.406. The van der Waals surface area contributed by atoms with Crippen molar-refractivity contribution in [2.24, 2.45) is 48.0 Å². The molecular formula is C25H44N2. The van der Waals surface area contributed by atoms with Crippen molar-refractivity contribution in [2.75, 3.05) is 0 Å². The van der Waals surface area contributed by atoms with Gasteiger partial charge in [0.2, 0.25) is 0 Å². The highest BCUT2D eigenvalue weighted by Gasteiger charge is 2.50. The van der Waals surface area contributed by atoms with E-state index in [1.165, 1.54) is 50.5 Å². The normalized spacial score (nSPS) is 28.0. The first-order chi connectivity index (χ1) is 12.7. The second kappa shape index (κ2) is 8.29. The van der Waals surface area contributed by atoms with Crippen LogP contribution in [-0.2, 0) is 7.05 Å². The van der Waals surface area contributed by atoms with Crippen molar-refractivity contribution in [3.05, 3.63) is 18.0 Å². The van der Waals surface area contributed by atoms with Gasteiger partial charge in [-0.15, -0.1) is 0 Å². The van der Waals surface area contributed by atoms with Gasteiger partial charge in [0.25, 0.3) is 0 Å². The molecular weight excluding hydrogens is 328 g/mol. The lowest BCUT2D eigenvalue weighted by molar-refractivity contribution is 0.0978. The van der Waals surface area contributed by atoms with Crippen molar-refractivity contribution in [2.45, 2.75) is 92.4 Å². The molecule has 1 heterocycles. The van der Waals surface area contributed by atoms with E-state index in [2.05, 4.69) is 52.8 Å². The standard InChI is InChI=1S/C25H44N2/c1-17(2)20(5)25(6,24-10-11-24)14-22-13-21(22)12-18(3)8-9-19(4)23-15-26-27(7)16-23/h15-22,24H,8-14H2,1-7H3. The third-order valence-electron chi connectivity index (χ3n) is 8.41. The zero-order valence-corrected chi connectivity index (χ0v) is 19.0. The van der Waals surface area contributed by atoms with E-state index >= 15 is 0 Å². The van der Waals surface area contributed by atoms with Gasteiger partial charge in [-0.1, -0.05) is 48.0 Å². The summed E-state index contributed by atoms with van der Waals surface area (Å²) in [4.78, 5) is 0. The second-order valence-corrected chi connectivity index (χ2v) is 11.0. The maximum absolute atomic E-state index is 4.33. The predicted molar refractivity (Wildman–Crippen MR) is 116 cm³/mol. The highest BCUT2D eigenvalue weighted by atomic mass is 15.2. The van der Waals surface area contributed by atoms with Gasteiger partial charge in [-0.25, -0.2) is 0 Å². The van der Waals surface area contributed by atoms with Gasteiger partial charge in [0, 0.05) is 13.2 Å². The molecule has 2 heteroatoms. The van der Waals surface area contributed by atoms with E-state index in [-0.39, 0.29) is 0 Å². The summed E-state index contributed by atoms with van der Waals surface area (Å²) < 4.78 is 1.93. The number of nitrogens with zero attached hydrogens (tertiary/aromatic N) is 2. The Hall–Kier alpha value is -0.790. The summed E-state index contributed by atoms with van der Waals surface area (Å²) in [6.07, 6.45) is 14.3. The molecule has 2 aliphatic rings. The molecule has 0 aliphatic heterocycles. The molecule has 6 unspecified atom stereocenters. The Morgan fingerprint density at radius 3 is 2.37 bits per heavy atom. The molecule has 0 amide bonds. The minimum Gasteiger partial charge on any atom is -0.276 e. The van der Waals surface area contributed by atoms with Crippen molar-refractivity contribution in [1.29, 1.82) is 0 Å². The maximum Gasteiger partial charge on any atom is 0.0524 e. The fourth-order valence-electron chi connectivity index (χ4n) is 5.67. The molecule has 6 atom stereocenters. The molecule has 0 saturated heterocycles. The predicted octanol–water partition coefficient (Wildman–Crippen LogP) is 7.06. The Bertz CT molecular complexity index is 599. The molecule has 27 heavy (non-hydrogen) atoms. The van der Waals surface area contributed by atoms with E-state index in [0.29, 0.717) is 11.3 Å². The maximum atomic E-state index is 4.33. The molecule has 1 aromatic rings. The molecule has 0 N–H and O–H groups in total. The zero-order valence-electron chi connectivity index (χ0n) is 19.0. The minimum atomic E-state index is 0.603. The van der Waals surface area contributed by atoms with Crippen LogP contribution >= 0.6 is 0 Å². The topological polar surface area (TPSA) is 17.8 Å². The SMILES string of the molecule is CC(CCC(C)c1cnn(C)c1)CC1CC1CC(C)(C1CC1)C(C)C(C)C. The van der Waals surface area contributed by atoms with Gasteiger partial charge in [-0.2, -0.15) is 5.10 Å². The van der Waals surface area contributed by atoms with Crippen LogP contribution in [0, 0.1) is 40.9 Å². The summed E-state index contributed by atoms with van der Waals surface area (Å²) >= 11 is 0. The summed E-state index contributed by atoms with van der Waals surface area (Å²) in [5.41, 5.74) is 2.00. The Balaban J connectivity index is 1.42. The zero-order chi connectivity index (χ0) is 19.8. The molecule has 2 nitrogen and oxygen atoms in total. The Morgan fingerprint density at radius 2 is 1.81 bits per heavy atom. The highest BCUT2D eigenvalue weighted by molar-refractivity contribution is 5.09. The van der Waals surface area contributed by atoms with Crippen molar-refractivity contribution >= 4 is 0 Å². The van der Waals surface area contributed by atoms with E-state index in [9.17, 15) is 0 Å². The van der Waals surface area contributed by atoms with Gasteiger partial charge in [0.05, 0.1) is 6.20 Å². The molecule has 2 fully saturated rings. The Kier molecular flexibility index (Phi) is 6.43. The van der Waals surface area contributed by atoms with Crippen LogP contribution in [0.25, 0.3) is 0 Å². The van der Waals surface area contributed by atoms with E-state index in [1.54, 1.807) is 0 Å². The second-order valence-electron chi connectivity index (χ2n) is 11.0. The Morgan fingerprint density at radius 1 is 1.11 bits per heavy atom. The van der Waals surface area contributed by atoms with Crippen LogP contribution < -0.4 is 0 Å². The average molecular weight is 373 g/mol. The van der Waals surface area contributed by atoms with Gasteiger partial charge in [-0.05, 0) is 90.9 Å². The summed E-state index contributed by atoms with van der Waals surface area (Å²) in [6.45, 7) is 14.9. The van der Waals surface area contributed by atoms with Crippen LogP contribution in [-0.4, -0.2) is 9.78 Å². The fourth-order valence-corrected chi connectivity index (χ4v) is 5.67. The number of hydrogen-bond acceptors (Lipinski definition) is 1. The number of hydrogen-bond donors (Lipinski definition) is 0. The number of rotatable bonds is 11. The largest absolute Gasteiger partial charge is 0.276 e. The molecule has 1 aromatic heterocycles. The first-order valence-corrected chi connectivity index (χ1v) is 11.7. The van der Waals surface area contributed by atoms with Gasteiger partial charge >= 0.3 is 0 Å². The van der Waals surface area contributed by atoms with E-state index in [4.69, 9.17) is 0 Å². The third kappa shape index (κ3) is 5.18. The minimum absolute atomic E-state index is 0.603. The first kappa shape index (κ1) is 20.9. The van der Waals surface area contributed by atoms with E-state index in [0.717, 1.165) is 35.5 Å². The van der Waals surface area contributed by atoms with Crippen molar-refractivity contribution in [3.63, 3.8) is 0 Å². The van der Waals surface area contributed by atoms with Gasteiger partial charge in [0.15, 0.2) is 0 Å². The molecule has 2 aliphatic carbocycles. The van der Waals surface area contributed by atoms with Gasteiger partial charge < -0.3 is 0 Å². The van der Waals surface area contributed by atoms with E-state index in [1.807, 2.05) is 17.9 Å². The monoisotopic (exact) mass is 372 g/mol. The van der Waals surface area contributed by atoms with Crippen molar-refractivity contribution in [3.8, 4) is 0 Å². The van der Waals surface area contributed by atoms with Crippen LogP contribution in [0.2, 0.25) is 0 Å². The smallest absolute Gasteiger partial charge is 0.0524 e.